The van der Waals surface area contributed by atoms with E-state index in [0.29, 0.717) is 5.16 Å². The number of nitrogens with two attached hydrogens (primary N) is 1. The summed E-state index contributed by atoms with van der Waals surface area (Å²) in [6.07, 6.45) is -0.754. The maximum atomic E-state index is 11.3. The Balaban J connectivity index is 2.38. The van der Waals surface area contributed by atoms with E-state index in [2.05, 4.69) is 20.3 Å². The summed E-state index contributed by atoms with van der Waals surface area (Å²) in [7, 11) is 1.68. The first-order valence-corrected chi connectivity index (χ1v) is 5.77. The number of nitrogens with zero attached hydrogens (tertiary/aromatic N) is 3. The number of hydrogen-bond donors (Lipinski definition) is 2. The summed E-state index contributed by atoms with van der Waals surface area (Å²) in [5.74, 6) is -0.168. The molecule has 1 aromatic rings. The predicted octanol–water partition coefficient (Wildman–Crippen LogP) is -0.238. The first-order valence-electron chi connectivity index (χ1n) is 4.78. The first kappa shape index (κ1) is 13.3. The minimum atomic E-state index is -0.754. The molecule has 94 valence electrons. The highest BCUT2D eigenvalue weighted by Crippen LogP contribution is 2.15. The van der Waals surface area contributed by atoms with Crippen LogP contribution in [0.4, 0.5) is 10.7 Å². The normalized spacial score (nSPS) is 10.0. The van der Waals surface area contributed by atoms with E-state index in [4.69, 9.17) is 5.73 Å². The van der Waals surface area contributed by atoms with E-state index in [1.165, 1.54) is 0 Å². The van der Waals surface area contributed by atoms with Crippen LogP contribution in [-0.4, -0.2) is 39.1 Å². The van der Waals surface area contributed by atoms with Crippen LogP contribution in [0.5, 0.6) is 0 Å². The molecule has 0 aromatic carbocycles. The predicted molar refractivity (Wildman–Crippen MR) is 61.3 cm³/mol. The number of aromatic nitrogens is 3. The van der Waals surface area contributed by atoms with Crippen LogP contribution < -0.4 is 11.1 Å². The lowest BCUT2D eigenvalue weighted by molar-refractivity contribution is -0.117. The Morgan fingerprint density at radius 1 is 1.53 bits per heavy atom. The third-order valence-corrected chi connectivity index (χ3v) is 2.74. The summed E-state index contributed by atoms with van der Waals surface area (Å²) in [5, 5.41) is 9.96. The molecular formula is C8H13N5O3S. The zero-order valence-electron chi connectivity index (χ0n) is 9.47. The Hall–Kier alpha value is -1.77. The average Bonchev–Trinajstić information content (AvgIpc) is 2.57. The topological polar surface area (TPSA) is 112 Å². The van der Waals surface area contributed by atoms with Gasteiger partial charge in [-0.25, -0.2) is 4.79 Å². The number of amides is 2. The summed E-state index contributed by atoms with van der Waals surface area (Å²) in [6, 6.07) is 0. The Labute approximate surface area is 102 Å². The minimum absolute atomic E-state index is 0.0325. The van der Waals surface area contributed by atoms with Crippen LogP contribution in [0.2, 0.25) is 0 Å². The lowest BCUT2D eigenvalue weighted by Crippen LogP contribution is -2.32. The number of carbonyl (C=O) groups is 2. The largest absolute Gasteiger partial charge is 0.450 e. The summed E-state index contributed by atoms with van der Waals surface area (Å²) in [4.78, 5) is 22.2. The maximum Gasteiger partial charge on any atom is 0.413 e. The van der Waals surface area contributed by atoms with E-state index in [1.807, 2.05) is 0 Å². The molecule has 0 aliphatic rings. The van der Waals surface area contributed by atoms with Gasteiger partial charge in [-0.2, -0.15) is 0 Å². The Bertz CT molecular complexity index is 419. The number of thioether (sulfide) groups is 1. The average molecular weight is 259 g/mol. The van der Waals surface area contributed by atoms with Crippen molar-refractivity contribution in [3.63, 3.8) is 0 Å². The van der Waals surface area contributed by atoms with Crippen molar-refractivity contribution in [1.82, 2.24) is 20.1 Å². The van der Waals surface area contributed by atoms with Crippen LogP contribution in [0.3, 0.4) is 0 Å². The molecule has 17 heavy (non-hydrogen) atoms. The second-order valence-electron chi connectivity index (χ2n) is 2.96. The van der Waals surface area contributed by atoms with Crippen molar-refractivity contribution < 1.29 is 14.3 Å². The Kier molecular flexibility index (Phi) is 4.76. The summed E-state index contributed by atoms with van der Waals surface area (Å²) < 4.78 is 6.10. The smallest absolute Gasteiger partial charge is 0.413 e. The molecule has 0 fully saturated rings. The third-order valence-electron chi connectivity index (χ3n) is 1.72. The molecule has 3 N–H and O–H groups in total. The standard InChI is InChI=1S/C8H13N5O3S/c1-3-16-8(15)10-5(14)4-17-7-12-11-6(9)13(7)2/h3-4H2,1-2H3,(H2,9,11)(H,10,14,15). The van der Waals surface area contributed by atoms with Gasteiger partial charge >= 0.3 is 6.09 Å². The monoisotopic (exact) mass is 259 g/mol. The van der Waals surface area contributed by atoms with Gasteiger partial charge in [0.2, 0.25) is 11.9 Å². The number of alkyl carbamates (subject to hydrolysis) is 1. The quantitative estimate of drug-likeness (QED) is 0.718. The van der Waals surface area contributed by atoms with Crippen molar-refractivity contribution in [2.45, 2.75) is 12.1 Å². The van der Waals surface area contributed by atoms with Crippen LogP contribution in [0, 0.1) is 0 Å². The van der Waals surface area contributed by atoms with Gasteiger partial charge in [0.15, 0.2) is 5.16 Å². The molecule has 0 atom stereocenters. The van der Waals surface area contributed by atoms with Crippen molar-refractivity contribution >= 4 is 29.7 Å². The lowest BCUT2D eigenvalue weighted by Gasteiger charge is -2.03. The highest BCUT2D eigenvalue weighted by atomic mass is 32.2. The number of rotatable bonds is 4. The number of imide groups is 1. The van der Waals surface area contributed by atoms with Gasteiger partial charge in [-0.3, -0.25) is 14.7 Å². The number of ether oxygens (including phenoxy) is 1. The molecule has 0 aliphatic carbocycles. The number of carbonyl (C=O) groups excluding carboxylic acids is 2. The van der Waals surface area contributed by atoms with E-state index in [9.17, 15) is 9.59 Å². The van der Waals surface area contributed by atoms with E-state index in [-0.39, 0.29) is 18.3 Å². The maximum absolute atomic E-state index is 11.3. The molecule has 1 heterocycles. The van der Waals surface area contributed by atoms with Gasteiger partial charge < -0.3 is 10.5 Å². The zero-order chi connectivity index (χ0) is 12.8. The molecule has 8 nitrogen and oxygen atoms in total. The molecule has 1 aromatic heterocycles. The summed E-state index contributed by atoms with van der Waals surface area (Å²) in [6.45, 7) is 1.87. The molecule has 0 aliphatic heterocycles. The molecule has 0 bridgehead atoms. The Morgan fingerprint density at radius 3 is 2.76 bits per heavy atom. The van der Waals surface area contributed by atoms with E-state index < -0.39 is 12.0 Å². The second-order valence-corrected chi connectivity index (χ2v) is 3.90. The fraction of sp³-hybridized carbons (Fsp3) is 0.500. The van der Waals surface area contributed by atoms with Crippen molar-refractivity contribution in [2.75, 3.05) is 18.1 Å². The van der Waals surface area contributed by atoms with Crippen LogP contribution in [0.25, 0.3) is 0 Å². The number of hydrogen-bond acceptors (Lipinski definition) is 7. The van der Waals surface area contributed by atoms with Crippen LogP contribution >= 0.6 is 11.8 Å². The SMILES string of the molecule is CCOC(=O)NC(=O)CSc1nnc(N)n1C. The molecule has 0 unspecified atom stereocenters. The number of anilines is 1. The van der Waals surface area contributed by atoms with E-state index in [1.54, 1.807) is 18.5 Å². The third kappa shape index (κ3) is 3.94. The fourth-order valence-corrected chi connectivity index (χ4v) is 1.62. The number of nitrogens with one attached hydrogen (secondary N) is 1. The van der Waals surface area contributed by atoms with Crippen LogP contribution in [0.1, 0.15) is 6.92 Å². The van der Waals surface area contributed by atoms with Gasteiger partial charge in [0.05, 0.1) is 12.4 Å². The van der Waals surface area contributed by atoms with Gasteiger partial charge in [0.1, 0.15) is 0 Å². The molecule has 1 rings (SSSR count). The first-order chi connectivity index (χ1) is 8.04. The summed E-state index contributed by atoms with van der Waals surface area (Å²) >= 11 is 1.13. The molecule has 2 amide bonds. The molecule has 0 spiro atoms. The second kappa shape index (κ2) is 6.09. The molecule has 0 saturated carbocycles. The Morgan fingerprint density at radius 2 is 2.24 bits per heavy atom. The van der Waals surface area contributed by atoms with Crippen LogP contribution in [-0.2, 0) is 16.6 Å². The van der Waals surface area contributed by atoms with Crippen molar-refractivity contribution in [1.29, 1.82) is 0 Å². The van der Waals surface area contributed by atoms with Gasteiger partial charge in [-0.1, -0.05) is 11.8 Å². The molecule has 0 radical (unpaired) electrons. The lowest BCUT2D eigenvalue weighted by atomic mass is 10.7. The fourth-order valence-electron chi connectivity index (χ4n) is 0.899. The minimum Gasteiger partial charge on any atom is -0.450 e. The van der Waals surface area contributed by atoms with E-state index in [0.717, 1.165) is 11.8 Å². The van der Waals surface area contributed by atoms with Crippen LogP contribution in [0.15, 0.2) is 5.16 Å². The van der Waals surface area contributed by atoms with Gasteiger partial charge in [0, 0.05) is 7.05 Å². The number of nitrogen functional groups attached to an aromatic ring is 1. The highest BCUT2D eigenvalue weighted by molar-refractivity contribution is 7.99. The molecular weight excluding hydrogens is 246 g/mol. The van der Waals surface area contributed by atoms with E-state index >= 15 is 0 Å². The van der Waals surface area contributed by atoms with Crippen molar-refractivity contribution in [3.8, 4) is 0 Å². The zero-order valence-corrected chi connectivity index (χ0v) is 10.3. The summed E-state index contributed by atoms with van der Waals surface area (Å²) in [5.41, 5.74) is 5.47. The molecule has 9 heteroatoms. The van der Waals surface area contributed by atoms with Gasteiger partial charge in [0.25, 0.3) is 0 Å². The highest BCUT2D eigenvalue weighted by Gasteiger charge is 2.11. The van der Waals surface area contributed by atoms with Crippen molar-refractivity contribution in [2.24, 2.45) is 7.05 Å². The van der Waals surface area contributed by atoms with Gasteiger partial charge in [-0.05, 0) is 6.92 Å². The molecule has 0 saturated heterocycles. The van der Waals surface area contributed by atoms with Crippen molar-refractivity contribution in [3.05, 3.63) is 0 Å². The van der Waals surface area contributed by atoms with Gasteiger partial charge in [-0.15, -0.1) is 10.2 Å².